The minimum absolute atomic E-state index is 0.0456. The van der Waals surface area contributed by atoms with Gasteiger partial charge in [-0.05, 0) is 36.4 Å². The first kappa shape index (κ1) is 17.7. The zero-order valence-corrected chi connectivity index (χ0v) is 15.0. The topological polar surface area (TPSA) is 64.0 Å². The van der Waals surface area contributed by atoms with Crippen molar-refractivity contribution in [3.63, 3.8) is 0 Å². The fraction of sp³-hybridized carbons (Fsp3) is 0.0625. The van der Waals surface area contributed by atoms with Crippen molar-refractivity contribution in [3.8, 4) is 0 Å². The van der Waals surface area contributed by atoms with E-state index in [0.29, 0.717) is 15.6 Å². The second-order valence-electron chi connectivity index (χ2n) is 5.19. The Hall–Kier alpha value is -2.09. The van der Waals surface area contributed by atoms with Crippen LogP contribution >= 0.6 is 23.2 Å². The fourth-order valence-electron chi connectivity index (χ4n) is 2.18. The molecule has 25 heavy (non-hydrogen) atoms. The average molecular weight is 400 g/mol. The second-order valence-corrected chi connectivity index (χ2v) is 7.68. The Morgan fingerprint density at radius 2 is 1.72 bits per heavy atom. The van der Waals surface area contributed by atoms with E-state index in [9.17, 15) is 12.8 Å². The lowest BCUT2D eigenvalue weighted by molar-refractivity contribution is 0.599. The summed E-state index contributed by atoms with van der Waals surface area (Å²) < 4.78 is 41.4. The van der Waals surface area contributed by atoms with Crippen LogP contribution in [-0.2, 0) is 16.6 Å². The lowest BCUT2D eigenvalue weighted by Crippen LogP contribution is -2.12. The Morgan fingerprint density at radius 3 is 2.36 bits per heavy atom. The van der Waals surface area contributed by atoms with E-state index >= 15 is 0 Å². The lowest BCUT2D eigenvalue weighted by atomic mass is 10.2. The maximum atomic E-state index is 12.9. The highest BCUT2D eigenvalue weighted by Gasteiger charge is 2.15. The number of hydrogen-bond donors (Lipinski definition) is 1. The molecule has 0 spiro atoms. The molecule has 1 heterocycles. The minimum atomic E-state index is -3.83. The predicted molar refractivity (Wildman–Crippen MR) is 95.0 cm³/mol. The van der Waals surface area contributed by atoms with Gasteiger partial charge in [0.1, 0.15) is 5.82 Å². The molecule has 0 aliphatic rings. The summed E-state index contributed by atoms with van der Waals surface area (Å²) in [7, 11) is -3.83. The van der Waals surface area contributed by atoms with Crippen molar-refractivity contribution >= 4 is 38.9 Å². The third-order valence-electron chi connectivity index (χ3n) is 3.39. The summed E-state index contributed by atoms with van der Waals surface area (Å²) in [5.74, 6) is -0.511. The van der Waals surface area contributed by atoms with Gasteiger partial charge in [-0.3, -0.25) is 9.40 Å². The Bertz CT molecular complexity index is 984. The highest BCUT2D eigenvalue weighted by Crippen LogP contribution is 2.25. The van der Waals surface area contributed by atoms with E-state index in [1.54, 1.807) is 18.2 Å². The van der Waals surface area contributed by atoms with Crippen LogP contribution in [0.5, 0.6) is 0 Å². The van der Waals surface area contributed by atoms with Gasteiger partial charge in [-0.1, -0.05) is 29.3 Å². The maximum absolute atomic E-state index is 12.9. The number of rotatable bonds is 5. The third-order valence-corrected chi connectivity index (χ3v) is 5.50. The van der Waals surface area contributed by atoms with Gasteiger partial charge in [0.05, 0.1) is 23.3 Å². The van der Waals surface area contributed by atoms with Crippen LogP contribution in [0.1, 0.15) is 5.56 Å². The van der Waals surface area contributed by atoms with Gasteiger partial charge in [0.2, 0.25) is 0 Å². The Morgan fingerprint density at radius 1 is 1.08 bits per heavy atom. The SMILES string of the molecule is O=S(=O)(Nc1cnn(Cc2c(Cl)cccc2Cl)c1)c1ccc(F)cc1. The molecule has 0 radical (unpaired) electrons. The van der Waals surface area contributed by atoms with Crippen LogP contribution in [0.15, 0.2) is 59.8 Å². The molecule has 0 unspecified atom stereocenters. The molecule has 0 amide bonds. The molecule has 5 nitrogen and oxygen atoms in total. The average Bonchev–Trinajstić information content (AvgIpc) is 2.98. The second kappa shape index (κ2) is 7.03. The van der Waals surface area contributed by atoms with Gasteiger partial charge in [-0.25, -0.2) is 12.8 Å². The normalized spacial score (nSPS) is 11.5. The van der Waals surface area contributed by atoms with Gasteiger partial charge in [0.15, 0.2) is 0 Å². The molecule has 130 valence electrons. The molecule has 0 saturated heterocycles. The van der Waals surface area contributed by atoms with Crippen molar-refractivity contribution in [1.82, 2.24) is 9.78 Å². The molecule has 0 bridgehead atoms. The van der Waals surface area contributed by atoms with Crippen LogP contribution in [0.25, 0.3) is 0 Å². The molecular formula is C16H12Cl2FN3O2S. The van der Waals surface area contributed by atoms with E-state index < -0.39 is 15.8 Å². The van der Waals surface area contributed by atoms with Crippen molar-refractivity contribution in [3.05, 3.63) is 76.3 Å². The fourth-order valence-corrected chi connectivity index (χ4v) is 3.72. The summed E-state index contributed by atoms with van der Waals surface area (Å²) >= 11 is 12.2. The molecule has 2 aromatic carbocycles. The zero-order chi connectivity index (χ0) is 18.0. The monoisotopic (exact) mass is 399 g/mol. The molecule has 9 heteroatoms. The van der Waals surface area contributed by atoms with E-state index in [2.05, 4.69) is 9.82 Å². The van der Waals surface area contributed by atoms with Gasteiger partial charge in [0.25, 0.3) is 10.0 Å². The first-order valence-corrected chi connectivity index (χ1v) is 9.33. The number of sulfonamides is 1. The van der Waals surface area contributed by atoms with Crippen LogP contribution in [0.2, 0.25) is 10.0 Å². The largest absolute Gasteiger partial charge is 0.276 e. The molecule has 0 fully saturated rings. The van der Waals surface area contributed by atoms with Gasteiger partial charge in [0, 0.05) is 21.8 Å². The van der Waals surface area contributed by atoms with Crippen molar-refractivity contribution < 1.29 is 12.8 Å². The molecular weight excluding hydrogens is 388 g/mol. The zero-order valence-electron chi connectivity index (χ0n) is 12.7. The highest BCUT2D eigenvalue weighted by atomic mass is 35.5. The molecule has 0 atom stereocenters. The van der Waals surface area contributed by atoms with Crippen molar-refractivity contribution in [1.29, 1.82) is 0 Å². The van der Waals surface area contributed by atoms with Crippen LogP contribution < -0.4 is 4.72 Å². The molecule has 3 aromatic rings. The van der Waals surface area contributed by atoms with E-state index in [-0.39, 0.29) is 17.1 Å². The van der Waals surface area contributed by atoms with Crippen molar-refractivity contribution in [2.75, 3.05) is 4.72 Å². The Kier molecular flexibility index (Phi) is 4.99. The molecule has 1 aromatic heterocycles. The molecule has 0 aliphatic heterocycles. The minimum Gasteiger partial charge on any atom is -0.276 e. The first-order chi connectivity index (χ1) is 11.8. The Labute approximate surface area is 154 Å². The maximum Gasteiger partial charge on any atom is 0.261 e. The van der Waals surface area contributed by atoms with Gasteiger partial charge in [-0.15, -0.1) is 0 Å². The third kappa shape index (κ3) is 4.12. The van der Waals surface area contributed by atoms with E-state index in [1.807, 2.05) is 0 Å². The van der Waals surface area contributed by atoms with E-state index in [0.717, 1.165) is 12.1 Å². The number of aromatic nitrogens is 2. The molecule has 0 aliphatic carbocycles. The van der Waals surface area contributed by atoms with Gasteiger partial charge in [-0.2, -0.15) is 5.10 Å². The first-order valence-electron chi connectivity index (χ1n) is 7.09. The number of nitrogens with one attached hydrogen (secondary N) is 1. The summed E-state index contributed by atoms with van der Waals surface area (Å²) in [5.41, 5.74) is 0.953. The Balaban J connectivity index is 1.79. The van der Waals surface area contributed by atoms with Gasteiger partial charge >= 0.3 is 0 Å². The van der Waals surface area contributed by atoms with Gasteiger partial charge < -0.3 is 0 Å². The van der Waals surface area contributed by atoms with Crippen molar-refractivity contribution in [2.45, 2.75) is 11.4 Å². The quantitative estimate of drug-likeness (QED) is 0.699. The highest BCUT2D eigenvalue weighted by molar-refractivity contribution is 7.92. The molecule has 1 N–H and O–H groups in total. The number of halogens is 3. The summed E-state index contributed by atoms with van der Waals surface area (Å²) in [4.78, 5) is -0.0456. The van der Waals surface area contributed by atoms with E-state index in [1.165, 1.54) is 29.2 Å². The van der Waals surface area contributed by atoms with E-state index in [4.69, 9.17) is 23.2 Å². The molecule has 3 rings (SSSR count). The lowest BCUT2D eigenvalue weighted by Gasteiger charge is -2.07. The summed E-state index contributed by atoms with van der Waals surface area (Å²) in [5, 5.41) is 5.09. The van der Waals surface area contributed by atoms with Crippen LogP contribution in [0.4, 0.5) is 10.1 Å². The molecule has 0 saturated carbocycles. The number of hydrogen-bond acceptors (Lipinski definition) is 3. The number of nitrogens with zero attached hydrogens (tertiary/aromatic N) is 2. The van der Waals surface area contributed by atoms with Crippen LogP contribution in [-0.4, -0.2) is 18.2 Å². The van der Waals surface area contributed by atoms with Crippen LogP contribution in [0.3, 0.4) is 0 Å². The number of anilines is 1. The predicted octanol–water partition coefficient (Wildman–Crippen LogP) is 4.18. The number of benzene rings is 2. The van der Waals surface area contributed by atoms with Crippen molar-refractivity contribution in [2.24, 2.45) is 0 Å². The summed E-state index contributed by atoms with van der Waals surface area (Å²) in [6, 6.07) is 9.69. The summed E-state index contributed by atoms with van der Waals surface area (Å²) in [6.07, 6.45) is 2.88. The van der Waals surface area contributed by atoms with Crippen LogP contribution in [0, 0.1) is 5.82 Å². The summed E-state index contributed by atoms with van der Waals surface area (Å²) in [6.45, 7) is 0.288. The standard InChI is InChI=1S/C16H12Cl2FN3O2S/c17-15-2-1-3-16(18)14(15)10-22-9-12(8-20-22)21-25(23,24)13-6-4-11(19)5-7-13/h1-9,21H,10H2. The smallest absolute Gasteiger partial charge is 0.261 e.